The molecule has 1 aromatic heterocycles. The van der Waals surface area contributed by atoms with Crippen molar-refractivity contribution in [1.82, 2.24) is 4.98 Å². The maximum absolute atomic E-state index is 6.58. The average Bonchev–Trinajstić information content (AvgIpc) is 2.47. The van der Waals surface area contributed by atoms with E-state index in [4.69, 9.17) is 23.2 Å². The molecule has 1 heterocycles. The lowest BCUT2D eigenvalue weighted by Crippen LogP contribution is -1.95. The van der Waals surface area contributed by atoms with Gasteiger partial charge in [0, 0.05) is 28.4 Å². The van der Waals surface area contributed by atoms with Crippen molar-refractivity contribution in [2.24, 2.45) is 0 Å². The number of hydrogen-bond donors (Lipinski definition) is 0. The third kappa shape index (κ3) is 2.44. The lowest BCUT2D eigenvalue weighted by molar-refractivity contribution is 1.13. The number of rotatable bonds is 2. The van der Waals surface area contributed by atoms with Gasteiger partial charge in [-0.05, 0) is 23.1 Å². The van der Waals surface area contributed by atoms with Crippen LogP contribution in [0.4, 0.5) is 0 Å². The Morgan fingerprint density at radius 1 is 0.895 bits per heavy atom. The van der Waals surface area contributed by atoms with E-state index in [0.29, 0.717) is 5.02 Å². The highest BCUT2D eigenvalue weighted by Crippen LogP contribution is 2.33. The maximum Gasteiger partial charge on any atom is 0.0856 e. The fourth-order valence-corrected chi connectivity index (χ4v) is 2.60. The Balaban J connectivity index is 2.11. The summed E-state index contributed by atoms with van der Waals surface area (Å²) in [6.45, 7) is 0. The Morgan fingerprint density at radius 3 is 2.42 bits per heavy atom. The largest absolute Gasteiger partial charge is 0.264 e. The van der Waals surface area contributed by atoms with E-state index in [-0.39, 0.29) is 5.38 Å². The van der Waals surface area contributed by atoms with E-state index < -0.39 is 0 Å². The number of pyridine rings is 1. The number of halogens is 2. The number of hydrogen-bond acceptors (Lipinski definition) is 1. The van der Waals surface area contributed by atoms with Crippen molar-refractivity contribution < 1.29 is 0 Å². The Kier molecular flexibility index (Phi) is 3.41. The zero-order chi connectivity index (χ0) is 13.2. The second-order valence-electron chi connectivity index (χ2n) is 4.36. The van der Waals surface area contributed by atoms with E-state index in [1.807, 2.05) is 54.9 Å². The topological polar surface area (TPSA) is 12.9 Å². The summed E-state index contributed by atoms with van der Waals surface area (Å²) < 4.78 is 0. The summed E-state index contributed by atoms with van der Waals surface area (Å²) in [5.41, 5.74) is 2.03. The lowest BCUT2D eigenvalue weighted by Gasteiger charge is -2.12. The van der Waals surface area contributed by atoms with Crippen LogP contribution in [0.3, 0.4) is 0 Å². The van der Waals surface area contributed by atoms with Crippen LogP contribution in [-0.4, -0.2) is 4.98 Å². The van der Waals surface area contributed by atoms with Gasteiger partial charge in [-0.25, -0.2) is 0 Å². The molecule has 0 spiro atoms. The maximum atomic E-state index is 6.58. The molecule has 3 rings (SSSR count). The summed E-state index contributed by atoms with van der Waals surface area (Å²) in [5.74, 6) is 0. The monoisotopic (exact) mass is 287 g/mol. The number of aromatic nitrogens is 1. The Morgan fingerprint density at radius 2 is 1.63 bits per heavy atom. The van der Waals surface area contributed by atoms with Crippen molar-refractivity contribution >= 4 is 34.0 Å². The van der Waals surface area contributed by atoms with Crippen LogP contribution in [0.25, 0.3) is 10.8 Å². The molecule has 1 atom stereocenters. The van der Waals surface area contributed by atoms with E-state index in [1.54, 1.807) is 0 Å². The Bertz CT molecular complexity index is 702. The molecule has 0 N–H and O–H groups in total. The fourth-order valence-electron chi connectivity index (χ4n) is 2.15. The second-order valence-corrected chi connectivity index (χ2v) is 5.24. The molecule has 0 saturated heterocycles. The molecule has 3 heteroatoms. The molecule has 0 aliphatic carbocycles. The first kappa shape index (κ1) is 12.5. The van der Waals surface area contributed by atoms with Crippen molar-refractivity contribution in [2.45, 2.75) is 5.38 Å². The number of fused-ring (bicyclic) bond motifs is 1. The van der Waals surface area contributed by atoms with Crippen molar-refractivity contribution in [3.8, 4) is 0 Å². The summed E-state index contributed by atoms with van der Waals surface area (Å²) in [5, 5.41) is 2.71. The van der Waals surface area contributed by atoms with Crippen LogP contribution in [0.5, 0.6) is 0 Å². The molecule has 0 radical (unpaired) electrons. The smallest absolute Gasteiger partial charge is 0.0856 e. The third-order valence-corrected chi connectivity index (χ3v) is 3.87. The molecule has 1 unspecified atom stereocenters. The number of alkyl halides is 1. The molecule has 19 heavy (non-hydrogen) atoms. The van der Waals surface area contributed by atoms with Gasteiger partial charge < -0.3 is 0 Å². The zero-order valence-electron chi connectivity index (χ0n) is 10.1. The molecule has 94 valence electrons. The van der Waals surface area contributed by atoms with Crippen LogP contribution in [0.15, 0.2) is 60.9 Å². The molecule has 1 nitrogen and oxygen atoms in total. The zero-order valence-corrected chi connectivity index (χ0v) is 11.6. The van der Waals surface area contributed by atoms with Gasteiger partial charge in [0.2, 0.25) is 0 Å². The molecule has 0 fully saturated rings. The van der Waals surface area contributed by atoms with Crippen molar-refractivity contribution in [3.05, 3.63) is 77.1 Å². The number of nitrogens with zero attached hydrogens (tertiary/aromatic N) is 1. The summed E-state index contributed by atoms with van der Waals surface area (Å²) in [7, 11) is 0. The molecule has 0 bridgehead atoms. The summed E-state index contributed by atoms with van der Waals surface area (Å²) >= 11 is 12.5. The predicted octanol–water partition coefficient (Wildman–Crippen LogP) is 5.22. The molecule has 3 aromatic rings. The van der Waals surface area contributed by atoms with Crippen LogP contribution in [0.1, 0.15) is 16.5 Å². The van der Waals surface area contributed by atoms with Gasteiger partial charge in [0.1, 0.15) is 0 Å². The Labute approximate surface area is 121 Å². The normalized spacial score (nSPS) is 12.5. The van der Waals surface area contributed by atoms with Gasteiger partial charge in [0.15, 0.2) is 0 Å². The molecular weight excluding hydrogens is 277 g/mol. The van der Waals surface area contributed by atoms with Gasteiger partial charge >= 0.3 is 0 Å². The highest BCUT2D eigenvalue weighted by atomic mass is 35.5. The minimum Gasteiger partial charge on any atom is -0.264 e. The predicted molar refractivity (Wildman–Crippen MR) is 80.9 cm³/mol. The first-order chi connectivity index (χ1) is 9.25. The van der Waals surface area contributed by atoms with Crippen molar-refractivity contribution in [2.75, 3.05) is 0 Å². The van der Waals surface area contributed by atoms with Crippen molar-refractivity contribution in [3.63, 3.8) is 0 Å². The number of benzene rings is 2. The molecular formula is C16H11Cl2N. The SMILES string of the molecule is Clc1ccc(C(Cl)c2cncc3ccccc23)cc1. The van der Waals surface area contributed by atoms with Crippen LogP contribution in [0, 0.1) is 0 Å². The highest BCUT2D eigenvalue weighted by molar-refractivity contribution is 6.30. The van der Waals surface area contributed by atoms with E-state index >= 15 is 0 Å². The van der Waals surface area contributed by atoms with E-state index in [0.717, 1.165) is 21.9 Å². The molecule has 2 aromatic carbocycles. The summed E-state index contributed by atoms with van der Waals surface area (Å²) in [6, 6.07) is 15.7. The molecule has 0 amide bonds. The minimum absolute atomic E-state index is 0.226. The van der Waals surface area contributed by atoms with Gasteiger partial charge in [0.25, 0.3) is 0 Å². The Hall–Kier alpha value is -1.57. The van der Waals surface area contributed by atoms with E-state index in [2.05, 4.69) is 11.1 Å². The standard InChI is InChI=1S/C16H11Cl2N/c17-13-7-5-11(6-8-13)16(18)15-10-19-9-12-3-1-2-4-14(12)15/h1-10,16H. The third-order valence-electron chi connectivity index (χ3n) is 3.13. The van der Waals surface area contributed by atoms with E-state index in [1.165, 1.54) is 0 Å². The first-order valence-electron chi connectivity index (χ1n) is 5.98. The van der Waals surface area contributed by atoms with Crippen LogP contribution >= 0.6 is 23.2 Å². The first-order valence-corrected chi connectivity index (χ1v) is 6.79. The van der Waals surface area contributed by atoms with Gasteiger partial charge in [-0.3, -0.25) is 4.98 Å². The highest BCUT2D eigenvalue weighted by Gasteiger charge is 2.14. The van der Waals surface area contributed by atoms with Gasteiger partial charge in [-0.15, -0.1) is 11.6 Å². The molecule has 0 aliphatic rings. The van der Waals surface area contributed by atoms with Gasteiger partial charge in [-0.2, -0.15) is 0 Å². The van der Waals surface area contributed by atoms with Gasteiger partial charge in [0.05, 0.1) is 5.38 Å². The minimum atomic E-state index is -0.226. The van der Waals surface area contributed by atoms with Crippen LogP contribution in [-0.2, 0) is 0 Å². The van der Waals surface area contributed by atoms with Crippen molar-refractivity contribution in [1.29, 1.82) is 0 Å². The molecule has 0 aliphatic heterocycles. The van der Waals surface area contributed by atoms with Crippen LogP contribution < -0.4 is 0 Å². The average molecular weight is 288 g/mol. The van der Waals surface area contributed by atoms with Gasteiger partial charge in [-0.1, -0.05) is 48.0 Å². The lowest BCUT2D eigenvalue weighted by atomic mass is 10.0. The fraction of sp³-hybridized carbons (Fsp3) is 0.0625. The molecule has 0 saturated carbocycles. The quantitative estimate of drug-likeness (QED) is 0.589. The summed E-state index contributed by atoms with van der Waals surface area (Å²) in [4.78, 5) is 4.27. The summed E-state index contributed by atoms with van der Waals surface area (Å²) in [6.07, 6.45) is 3.68. The second kappa shape index (κ2) is 5.20. The van der Waals surface area contributed by atoms with E-state index in [9.17, 15) is 0 Å². The van der Waals surface area contributed by atoms with Crippen LogP contribution in [0.2, 0.25) is 5.02 Å².